The quantitative estimate of drug-likeness (QED) is 0.448. The van der Waals surface area contributed by atoms with Crippen LogP contribution < -0.4 is 8.91 Å². The summed E-state index contributed by atoms with van der Waals surface area (Å²) in [6.07, 6.45) is 2.65. The van der Waals surface area contributed by atoms with E-state index >= 15 is 0 Å². The van der Waals surface area contributed by atoms with Crippen LogP contribution in [0.15, 0.2) is 35.9 Å². The third-order valence-corrected chi connectivity index (χ3v) is 7.53. The molecule has 2 heterocycles. The van der Waals surface area contributed by atoms with Gasteiger partial charge in [0.05, 0.1) is 18.6 Å². The molecule has 7 unspecified atom stereocenters. The molecule has 0 bridgehead atoms. The molecule has 33 heavy (non-hydrogen) atoms. The van der Waals surface area contributed by atoms with Crippen molar-refractivity contribution in [1.29, 1.82) is 0 Å². The zero-order valence-electron chi connectivity index (χ0n) is 19.8. The van der Waals surface area contributed by atoms with Crippen molar-refractivity contribution < 1.29 is 32.1 Å². The van der Waals surface area contributed by atoms with Crippen molar-refractivity contribution >= 4 is 17.4 Å². The molecule has 1 N–H and O–H groups in total. The molecule has 9 heteroatoms. The second-order valence-corrected chi connectivity index (χ2v) is 10.4. The van der Waals surface area contributed by atoms with Crippen LogP contribution in [0.1, 0.15) is 45.6 Å². The Morgan fingerprint density at radius 2 is 2.00 bits per heavy atom. The van der Waals surface area contributed by atoms with Gasteiger partial charge in [-0.2, -0.15) is 4.21 Å². The summed E-state index contributed by atoms with van der Waals surface area (Å²) in [5, 5.41) is 0. The molecule has 1 aliphatic carbocycles. The molecule has 2 saturated heterocycles. The Hall–Kier alpha value is -1.94. The molecule has 7 atom stereocenters. The predicted octanol–water partition coefficient (Wildman–Crippen LogP) is 3.76. The molecular weight excluding hydrogens is 446 g/mol. The Morgan fingerprint density at radius 1 is 1.30 bits per heavy atom. The number of epoxide rings is 2. The number of methoxy groups -OCH3 is 1. The smallest absolute Gasteiger partial charge is 0.422 e. The molecule has 0 radical (unpaired) electrons. The van der Waals surface area contributed by atoms with Gasteiger partial charge < -0.3 is 23.1 Å². The van der Waals surface area contributed by atoms with E-state index in [9.17, 15) is 9.00 Å². The number of amides is 1. The summed E-state index contributed by atoms with van der Waals surface area (Å²) in [6, 6.07) is 7.03. The molecule has 3 fully saturated rings. The maximum atomic E-state index is 12.5. The van der Waals surface area contributed by atoms with Gasteiger partial charge in [-0.1, -0.05) is 29.3 Å². The number of hydrogen-bond donors (Lipinski definition) is 1. The van der Waals surface area contributed by atoms with E-state index in [4.69, 9.17) is 23.1 Å². The van der Waals surface area contributed by atoms with Crippen molar-refractivity contribution in [2.24, 2.45) is 5.92 Å². The summed E-state index contributed by atoms with van der Waals surface area (Å²) in [7, 11) is 1.61. The number of rotatable bonds is 8. The van der Waals surface area contributed by atoms with E-state index in [2.05, 4.69) is 31.6 Å². The highest BCUT2D eigenvalue weighted by Gasteiger charge is 2.72. The molecule has 1 spiro atoms. The van der Waals surface area contributed by atoms with E-state index in [1.54, 1.807) is 19.2 Å². The minimum Gasteiger partial charge on any atom is -0.443 e. The molecule has 1 saturated carbocycles. The fourth-order valence-electron chi connectivity index (χ4n) is 5.00. The van der Waals surface area contributed by atoms with E-state index in [-0.39, 0.29) is 17.6 Å². The van der Waals surface area contributed by atoms with Crippen molar-refractivity contribution in [3.8, 4) is 5.75 Å². The SMILES string of the molecule is COC1C(OC(=O)NS(=O)Oc2ccc(C)cc2)CCC2(CO2)C1C1(C)OC1CC=C(C)C. The van der Waals surface area contributed by atoms with Crippen LogP contribution in [0, 0.1) is 12.8 Å². The molecule has 182 valence electrons. The molecule has 1 aromatic rings. The first-order chi connectivity index (χ1) is 15.7. The second-order valence-electron chi connectivity index (χ2n) is 9.55. The molecular formula is C24H33NO7S. The van der Waals surface area contributed by atoms with Crippen molar-refractivity contribution in [2.75, 3.05) is 13.7 Å². The van der Waals surface area contributed by atoms with Crippen LogP contribution in [0.25, 0.3) is 0 Å². The van der Waals surface area contributed by atoms with Crippen LogP contribution in [0.3, 0.4) is 0 Å². The lowest BCUT2D eigenvalue weighted by atomic mass is 9.68. The average molecular weight is 480 g/mol. The average Bonchev–Trinajstić information content (AvgIpc) is 3.66. The summed E-state index contributed by atoms with van der Waals surface area (Å²) in [6.45, 7) is 8.81. The molecule has 2 aliphatic heterocycles. The first kappa shape index (κ1) is 24.2. The van der Waals surface area contributed by atoms with Gasteiger partial charge in [0.2, 0.25) is 0 Å². The molecule has 3 aliphatic rings. The van der Waals surface area contributed by atoms with Crippen LogP contribution in [0.2, 0.25) is 0 Å². The Kier molecular flexibility index (Phi) is 6.87. The Morgan fingerprint density at radius 3 is 2.61 bits per heavy atom. The zero-order valence-corrected chi connectivity index (χ0v) is 20.6. The van der Waals surface area contributed by atoms with Gasteiger partial charge in [0.15, 0.2) is 0 Å². The van der Waals surface area contributed by atoms with Gasteiger partial charge in [-0.25, -0.2) is 9.52 Å². The van der Waals surface area contributed by atoms with E-state index in [1.165, 1.54) is 5.57 Å². The first-order valence-electron chi connectivity index (χ1n) is 11.3. The highest BCUT2D eigenvalue weighted by molar-refractivity contribution is 7.79. The number of ether oxygens (including phenoxy) is 4. The van der Waals surface area contributed by atoms with E-state index in [1.807, 2.05) is 19.1 Å². The van der Waals surface area contributed by atoms with Gasteiger partial charge in [-0.15, -0.1) is 0 Å². The van der Waals surface area contributed by atoms with Gasteiger partial charge in [-0.05, 0) is 59.1 Å². The van der Waals surface area contributed by atoms with E-state index in [0.29, 0.717) is 18.8 Å². The van der Waals surface area contributed by atoms with E-state index in [0.717, 1.165) is 18.4 Å². The molecule has 1 aromatic carbocycles. The Labute approximate surface area is 197 Å². The van der Waals surface area contributed by atoms with Crippen molar-refractivity contribution in [1.82, 2.24) is 4.72 Å². The number of nitrogens with one attached hydrogen (secondary N) is 1. The van der Waals surface area contributed by atoms with Crippen molar-refractivity contribution in [3.63, 3.8) is 0 Å². The number of carbonyl (C=O) groups is 1. The summed E-state index contributed by atoms with van der Waals surface area (Å²) in [5.74, 6) is 0.312. The molecule has 8 nitrogen and oxygen atoms in total. The standard InChI is InChI=1S/C24H33NO7S/c1-15(2)6-11-19-23(4,31-19)21-20(28-5)18(12-13-24(21)14-29-24)30-22(26)25-33(27)32-17-9-7-16(3)8-10-17/h6-10,18-21H,11-14H2,1-5H3,(H,25,26). The lowest BCUT2D eigenvalue weighted by Crippen LogP contribution is -2.56. The normalized spacial score (nSPS) is 35.4. The first-order valence-corrected chi connectivity index (χ1v) is 12.4. The van der Waals surface area contributed by atoms with Gasteiger partial charge in [-0.3, -0.25) is 0 Å². The maximum Gasteiger partial charge on any atom is 0.422 e. The number of hydrogen-bond acceptors (Lipinski definition) is 7. The van der Waals surface area contributed by atoms with Crippen LogP contribution in [0.4, 0.5) is 4.79 Å². The fraction of sp³-hybridized carbons (Fsp3) is 0.625. The number of carbonyl (C=O) groups excluding carboxylic acids is 1. The van der Waals surface area contributed by atoms with E-state index < -0.39 is 35.2 Å². The third-order valence-electron chi connectivity index (χ3n) is 6.86. The molecule has 0 aromatic heterocycles. The second kappa shape index (κ2) is 9.37. The lowest BCUT2D eigenvalue weighted by molar-refractivity contribution is -0.117. The number of aryl methyl sites for hydroxylation is 1. The van der Waals surface area contributed by atoms with Crippen LogP contribution in [-0.2, 0) is 30.2 Å². The highest BCUT2D eigenvalue weighted by atomic mass is 32.2. The molecule has 1 amide bonds. The largest absolute Gasteiger partial charge is 0.443 e. The topological polar surface area (TPSA) is 98.9 Å². The number of benzene rings is 1. The minimum absolute atomic E-state index is 0.0686. The lowest BCUT2D eigenvalue weighted by Gasteiger charge is -2.42. The van der Waals surface area contributed by atoms with Crippen molar-refractivity contribution in [3.05, 3.63) is 41.5 Å². The Bertz CT molecular complexity index is 925. The monoisotopic (exact) mass is 479 g/mol. The van der Waals surface area contributed by atoms with Crippen LogP contribution in [0.5, 0.6) is 5.75 Å². The Balaban J connectivity index is 1.39. The third kappa shape index (κ3) is 5.26. The maximum absolute atomic E-state index is 12.5. The minimum atomic E-state index is -2.08. The summed E-state index contributed by atoms with van der Waals surface area (Å²) >= 11 is -2.08. The zero-order chi connectivity index (χ0) is 23.8. The molecule has 4 rings (SSSR count). The summed E-state index contributed by atoms with van der Waals surface area (Å²) < 4.78 is 43.3. The van der Waals surface area contributed by atoms with Crippen LogP contribution in [-0.4, -0.2) is 53.5 Å². The number of allylic oxidation sites excluding steroid dienone is 1. The highest BCUT2D eigenvalue weighted by Crippen LogP contribution is 2.59. The fourth-order valence-corrected chi connectivity index (χ4v) is 5.51. The summed E-state index contributed by atoms with van der Waals surface area (Å²) in [4.78, 5) is 12.5. The van der Waals surface area contributed by atoms with Gasteiger partial charge >= 0.3 is 17.4 Å². The van der Waals surface area contributed by atoms with Gasteiger partial charge in [0.25, 0.3) is 0 Å². The van der Waals surface area contributed by atoms with Crippen molar-refractivity contribution in [2.45, 2.75) is 76.5 Å². The predicted molar refractivity (Wildman–Crippen MR) is 123 cm³/mol. The van der Waals surface area contributed by atoms with Crippen LogP contribution >= 0.6 is 0 Å². The van der Waals surface area contributed by atoms with Gasteiger partial charge in [0.1, 0.15) is 29.2 Å². The van der Waals surface area contributed by atoms with Gasteiger partial charge in [0, 0.05) is 7.11 Å². The summed E-state index contributed by atoms with van der Waals surface area (Å²) in [5.41, 5.74) is 1.57.